The Balaban J connectivity index is 1.75. The number of rotatable bonds is 6. The van der Waals surface area contributed by atoms with Gasteiger partial charge in [-0.05, 0) is 30.7 Å². The van der Waals surface area contributed by atoms with Gasteiger partial charge in [0.15, 0.2) is 6.61 Å². The average molecular weight is 275 g/mol. The zero-order valence-corrected chi connectivity index (χ0v) is 11.2. The summed E-state index contributed by atoms with van der Waals surface area (Å²) in [6.45, 7) is 1.91. The van der Waals surface area contributed by atoms with Crippen LogP contribution in [0.15, 0.2) is 47.1 Å². The van der Waals surface area contributed by atoms with Crippen LogP contribution in [0.4, 0.5) is 0 Å². The fourth-order valence-electron chi connectivity index (χ4n) is 1.70. The first-order valence-electron chi connectivity index (χ1n) is 6.33. The molecule has 1 aromatic carbocycles. The summed E-state index contributed by atoms with van der Waals surface area (Å²) >= 11 is 0. The van der Waals surface area contributed by atoms with Crippen LogP contribution in [0.1, 0.15) is 17.4 Å². The van der Waals surface area contributed by atoms with Gasteiger partial charge in [0, 0.05) is 0 Å². The third kappa shape index (κ3) is 3.86. The maximum Gasteiger partial charge on any atom is 0.258 e. The third-order valence-electron chi connectivity index (χ3n) is 2.82. The largest absolute Gasteiger partial charge is 0.484 e. The molecule has 0 saturated heterocycles. The summed E-state index contributed by atoms with van der Waals surface area (Å²) in [6, 6.07) is 10.8. The van der Waals surface area contributed by atoms with Gasteiger partial charge in [-0.15, -0.1) is 0 Å². The molecule has 0 aliphatic heterocycles. The van der Waals surface area contributed by atoms with Crippen molar-refractivity contribution in [3.63, 3.8) is 0 Å². The van der Waals surface area contributed by atoms with Crippen LogP contribution in [0.5, 0.6) is 5.75 Å². The van der Waals surface area contributed by atoms with Crippen molar-refractivity contribution >= 4 is 5.91 Å². The molecule has 2 rings (SSSR count). The van der Waals surface area contributed by atoms with E-state index in [1.165, 1.54) is 6.26 Å². The second-order valence-corrected chi connectivity index (χ2v) is 4.39. The molecule has 0 aliphatic rings. The van der Waals surface area contributed by atoms with Gasteiger partial charge in [-0.1, -0.05) is 18.2 Å². The Morgan fingerprint density at radius 3 is 2.85 bits per heavy atom. The summed E-state index contributed by atoms with van der Waals surface area (Å²) < 4.78 is 10.4. The van der Waals surface area contributed by atoms with E-state index in [2.05, 4.69) is 5.32 Å². The number of aliphatic hydroxyl groups excluding tert-OH is 1. The SMILES string of the molecule is Cc1ccccc1OCC(=O)NCC(O)c1ccco1. The minimum Gasteiger partial charge on any atom is -0.484 e. The number of carbonyl (C=O) groups excluding carboxylic acids is 1. The molecule has 0 spiro atoms. The Hall–Kier alpha value is -2.27. The number of ether oxygens (including phenoxy) is 1. The fraction of sp³-hybridized carbons (Fsp3) is 0.267. The minimum absolute atomic E-state index is 0.0868. The number of hydrogen-bond donors (Lipinski definition) is 2. The van der Waals surface area contributed by atoms with Crippen molar-refractivity contribution in [3.8, 4) is 5.75 Å². The van der Waals surface area contributed by atoms with E-state index in [0.717, 1.165) is 5.56 Å². The molecule has 2 aromatic rings. The van der Waals surface area contributed by atoms with Crippen LogP contribution in [0.2, 0.25) is 0 Å². The zero-order valence-electron chi connectivity index (χ0n) is 11.2. The van der Waals surface area contributed by atoms with E-state index in [9.17, 15) is 9.90 Å². The average Bonchev–Trinajstić information content (AvgIpc) is 2.98. The maximum absolute atomic E-state index is 11.6. The Kier molecular flexibility index (Phi) is 4.79. The van der Waals surface area contributed by atoms with Crippen LogP contribution in [-0.2, 0) is 4.79 Å². The summed E-state index contributed by atoms with van der Waals surface area (Å²) in [5.74, 6) is 0.804. The number of carbonyl (C=O) groups is 1. The van der Waals surface area contributed by atoms with E-state index in [-0.39, 0.29) is 19.1 Å². The van der Waals surface area contributed by atoms with Crippen molar-refractivity contribution in [1.82, 2.24) is 5.32 Å². The lowest BCUT2D eigenvalue weighted by molar-refractivity contribution is -0.123. The van der Waals surface area contributed by atoms with Gasteiger partial charge in [0.2, 0.25) is 0 Å². The molecule has 1 unspecified atom stereocenters. The number of aliphatic hydroxyl groups is 1. The fourth-order valence-corrected chi connectivity index (χ4v) is 1.70. The van der Waals surface area contributed by atoms with Crippen molar-refractivity contribution in [3.05, 3.63) is 54.0 Å². The number of nitrogens with one attached hydrogen (secondary N) is 1. The van der Waals surface area contributed by atoms with Crippen LogP contribution in [0.25, 0.3) is 0 Å². The molecule has 20 heavy (non-hydrogen) atoms. The molecule has 0 aliphatic carbocycles. The molecule has 5 heteroatoms. The van der Waals surface area contributed by atoms with Gasteiger partial charge >= 0.3 is 0 Å². The van der Waals surface area contributed by atoms with Crippen molar-refractivity contribution in [2.75, 3.05) is 13.2 Å². The van der Waals surface area contributed by atoms with Crippen molar-refractivity contribution in [2.24, 2.45) is 0 Å². The van der Waals surface area contributed by atoms with Crippen LogP contribution >= 0.6 is 0 Å². The molecule has 1 amide bonds. The lowest BCUT2D eigenvalue weighted by Gasteiger charge is -2.11. The molecule has 1 aromatic heterocycles. The summed E-state index contributed by atoms with van der Waals surface area (Å²) in [5.41, 5.74) is 0.968. The van der Waals surface area contributed by atoms with Crippen LogP contribution in [0.3, 0.4) is 0 Å². The van der Waals surface area contributed by atoms with E-state index in [0.29, 0.717) is 11.5 Å². The molecule has 1 atom stereocenters. The van der Waals surface area contributed by atoms with Gasteiger partial charge in [0.05, 0.1) is 12.8 Å². The molecule has 0 fully saturated rings. The predicted molar refractivity (Wildman–Crippen MR) is 73.4 cm³/mol. The second-order valence-electron chi connectivity index (χ2n) is 4.39. The van der Waals surface area contributed by atoms with Crippen LogP contribution in [-0.4, -0.2) is 24.2 Å². The summed E-state index contributed by atoms with van der Waals surface area (Å²) in [7, 11) is 0. The molecule has 0 bridgehead atoms. The zero-order chi connectivity index (χ0) is 14.4. The number of amides is 1. The molecule has 0 saturated carbocycles. The smallest absolute Gasteiger partial charge is 0.258 e. The van der Waals surface area contributed by atoms with E-state index >= 15 is 0 Å². The normalized spacial score (nSPS) is 11.9. The highest BCUT2D eigenvalue weighted by Crippen LogP contribution is 2.16. The number of hydrogen-bond acceptors (Lipinski definition) is 4. The Bertz CT molecular complexity index is 551. The molecular weight excluding hydrogens is 258 g/mol. The molecule has 5 nitrogen and oxygen atoms in total. The van der Waals surface area contributed by atoms with Gasteiger partial charge in [0.1, 0.15) is 17.6 Å². The summed E-state index contributed by atoms with van der Waals surface area (Å²) in [5, 5.41) is 12.3. The summed E-state index contributed by atoms with van der Waals surface area (Å²) in [6.07, 6.45) is 0.620. The number of aryl methyl sites for hydroxylation is 1. The highest BCUT2D eigenvalue weighted by molar-refractivity contribution is 5.77. The first kappa shape index (κ1) is 14.1. The summed E-state index contributed by atoms with van der Waals surface area (Å²) in [4.78, 5) is 11.6. The van der Waals surface area contributed by atoms with Gasteiger partial charge in [-0.3, -0.25) is 4.79 Å². The molecule has 2 N–H and O–H groups in total. The highest BCUT2D eigenvalue weighted by Gasteiger charge is 2.12. The lowest BCUT2D eigenvalue weighted by Crippen LogP contribution is -2.32. The standard InChI is InChI=1S/C15H17NO4/c1-11-5-2-3-6-13(11)20-10-15(18)16-9-12(17)14-7-4-8-19-14/h2-8,12,17H,9-10H2,1H3,(H,16,18). The van der Waals surface area contributed by atoms with Crippen LogP contribution < -0.4 is 10.1 Å². The van der Waals surface area contributed by atoms with E-state index in [1.807, 2.05) is 25.1 Å². The third-order valence-corrected chi connectivity index (χ3v) is 2.82. The first-order valence-corrected chi connectivity index (χ1v) is 6.33. The Labute approximate surface area is 117 Å². The minimum atomic E-state index is -0.854. The first-order chi connectivity index (χ1) is 9.66. The Morgan fingerprint density at radius 2 is 2.15 bits per heavy atom. The van der Waals surface area contributed by atoms with Crippen molar-refractivity contribution in [1.29, 1.82) is 0 Å². The Morgan fingerprint density at radius 1 is 1.35 bits per heavy atom. The van der Waals surface area contributed by atoms with Gasteiger partial charge in [0.25, 0.3) is 5.91 Å². The van der Waals surface area contributed by atoms with Crippen molar-refractivity contribution < 1.29 is 19.1 Å². The van der Waals surface area contributed by atoms with Gasteiger partial charge < -0.3 is 19.6 Å². The predicted octanol–water partition coefficient (Wildman–Crippen LogP) is 1.82. The van der Waals surface area contributed by atoms with E-state index < -0.39 is 6.10 Å². The monoisotopic (exact) mass is 275 g/mol. The van der Waals surface area contributed by atoms with Crippen molar-refractivity contribution in [2.45, 2.75) is 13.0 Å². The number of para-hydroxylation sites is 1. The molecular formula is C15H17NO4. The molecule has 0 radical (unpaired) electrons. The van der Waals surface area contributed by atoms with E-state index in [4.69, 9.17) is 9.15 Å². The maximum atomic E-state index is 11.6. The second kappa shape index (κ2) is 6.77. The highest BCUT2D eigenvalue weighted by atomic mass is 16.5. The quantitative estimate of drug-likeness (QED) is 0.843. The lowest BCUT2D eigenvalue weighted by atomic mass is 10.2. The number of furan rings is 1. The number of benzene rings is 1. The van der Waals surface area contributed by atoms with Gasteiger partial charge in [-0.25, -0.2) is 0 Å². The van der Waals surface area contributed by atoms with Crippen LogP contribution in [0, 0.1) is 6.92 Å². The van der Waals surface area contributed by atoms with Gasteiger partial charge in [-0.2, -0.15) is 0 Å². The molecule has 1 heterocycles. The molecule has 106 valence electrons. The van der Waals surface area contributed by atoms with E-state index in [1.54, 1.807) is 18.2 Å². The topological polar surface area (TPSA) is 71.7 Å².